The number of anilines is 1. The molecule has 2 atom stereocenters. The predicted molar refractivity (Wildman–Crippen MR) is 69.2 cm³/mol. The van der Waals surface area contributed by atoms with Crippen molar-refractivity contribution in [2.24, 2.45) is 5.92 Å². The summed E-state index contributed by atoms with van der Waals surface area (Å²) in [5, 5.41) is 0.197. The molecule has 1 saturated heterocycles. The zero-order chi connectivity index (χ0) is 13.1. The van der Waals surface area contributed by atoms with Gasteiger partial charge in [-0.3, -0.25) is 4.79 Å². The Balaban J connectivity index is 2.27. The monoisotopic (exact) mass is 269 g/mol. The van der Waals surface area contributed by atoms with Gasteiger partial charge in [0, 0.05) is 20.2 Å². The number of hydrogen-bond donors (Lipinski definition) is 0. The summed E-state index contributed by atoms with van der Waals surface area (Å²) in [6.07, 6.45) is 3.23. The van der Waals surface area contributed by atoms with Crippen molar-refractivity contribution in [3.05, 3.63) is 17.0 Å². The molecule has 0 spiro atoms. The molecule has 1 aromatic heterocycles. The Morgan fingerprint density at radius 3 is 3.00 bits per heavy atom. The minimum absolute atomic E-state index is 0.145. The van der Waals surface area contributed by atoms with Gasteiger partial charge in [0.15, 0.2) is 6.29 Å². The molecule has 1 aliphatic heterocycles. The molecule has 0 bridgehead atoms. The molecule has 2 heterocycles. The standard InChI is InChI=1S/C12H16ClN3O2/c1-8-3-4-16(5-10(8)18-2)12-9(6-17)11(13)14-7-15-12/h6-8,10H,3-5H2,1-2H3. The zero-order valence-electron chi connectivity index (χ0n) is 10.5. The van der Waals surface area contributed by atoms with Crippen LogP contribution in [0.2, 0.25) is 5.15 Å². The summed E-state index contributed by atoms with van der Waals surface area (Å²) in [4.78, 5) is 21.1. The van der Waals surface area contributed by atoms with E-state index in [-0.39, 0.29) is 11.3 Å². The minimum atomic E-state index is 0.145. The highest BCUT2D eigenvalue weighted by molar-refractivity contribution is 6.32. The molecule has 18 heavy (non-hydrogen) atoms. The van der Waals surface area contributed by atoms with Crippen LogP contribution >= 0.6 is 11.6 Å². The maximum absolute atomic E-state index is 11.1. The molecule has 0 aromatic carbocycles. The topological polar surface area (TPSA) is 55.3 Å². The first kappa shape index (κ1) is 13.2. The van der Waals surface area contributed by atoms with Crippen molar-refractivity contribution in [2.75, 3.05) is 25.1 Å². The molecule has 0 saturated carbocycles. The largest absolute Gasteiger partial charge is 0.379 e. The van der Waals surface area contributed by atoms with Crippen LogP contribution in [0.25, 0.3) is 0 Å². The van der Waals surface area contributed by atoms with Crippen LogP contribution in [-0.4, -0.2) is 42.6 Å². The number of hydrogen-bond acceptors (Lipinski definition) is 5. The van der Waals surface area contributed by atoms with Gasteiger partial charge in [0.05, 0.1) is 11.7 Å². The van der Waals surface area contributed by atoms with Gasteiger partial charge in [-0.1, -0.05) is 18.5 Å². The fourth-order valence-corrected chi connectivity index (χ4v) is 2.42. The van der Waals surface area contributed by atoms with Gasteiger partial charge < -0.3 is 9.64 Å². The van der Waals surface area contributed by atoms with E-state index in [0.717, 1.165) is 13.0 Å². The fraction of sp³-hybridized carbons (Fsp3) is 0.583. The van der Waals surface area contributed by atoms with Crippen molar-refractivity contribution < 1.29 is 9.53 Å². The Labute approximate surface area is 111 Å². The third-order valence-electron chi connectivity index (χ3n) is 3.42. The average molecular weight is 270 g/mol. The van der Waals surface area contributed by atoms with Gasteiger partial charge in [0.1, 0.15) is 17.3 Å². The lowest BCUT2D eigenvalue weighted by Gasteiger charge is -2.37. The molecular weight excluding hydrogens is 254 g/mol. The number of methoxy groups -OCH3 is 1. The normalized spacial score (nSPS) is 24.1. The summed E-state index contributed by atoms with van der Waals surface area (Å²) in [7, 11) is 1.71. The second kappa shape index (κ2) is 5.63. The van der Waals surface area contributed by atoms with Crippen molar-refractivity contribution >= 4 is 23.7 Å². The molecule has 0 amide bonds. The van der Waals surface area contributed by atoms with E-state index in [1.165, 1.54) is 6.33 Å². The first-order chi connectivity index (χ1) is 8.67. The van der Waals surface area contributed by atoms with Crippen LogP contribution in [0.5, 0.6) is 0 Å². The quantitative estimate of drug-likeness (QED) is 0.619. The number of nitrogens with zero attached hydrogens (tertiary/aromatic N) is 3. The predicted octanol–water partition coefficient (Wildman–Crippen LogP) is 1.80. The smallest absolute Gasteiger partial charge is 0.156 e. The van der Waals surface area contributed by atoms with Gasteiger partial charge >= 0.3 is 0 Å². The van der Waals surface area contributed by atoms with Gasteiger partial charge in [-0.05, 0) is 12.3 Å². The molecule has 6 heteroatoms. The van der Waals surface area contributed by atoms with E-state index in [2.05, 4.69) is 16.9 Å². The molecule has 1 fully saturated rings. The maximum atomic E-state index is 11.1. The molecule has 5 nitrogen and oxygen atoms in total. The van der Waals surface area contributed by atoms with E-state index in [4.69, 9.17) is 16.3 Å². The number of aldehydes is 1. The SMILES string of the molecule is COC1CN(c2ncnc(Cl)c2C=O)CCC1C. The first-order valence-electron chi connectivity index (χ1n) is 5.90. The summed E-state index contributed by atoms with van der Waals surface area (Å²) in [5.41, 5.74) is 0.351. The molecule has 1 aromatic rings. The van der Waals surface area contributed by atoms with Gasteiger partial charge in [-0.2, -0.15) is 0 Å². The van der Waals surface area contributed by atoms with E-state index in [9.17, 15) is 4.79 Å². The van der Waals surface area contributed by atoms with Crippen molar-refractivity contribution in [1.82, 2.24) is 9.97 Å². The Morgan fingerprint density at radius 1 is 1.56 bits per heavy atom. The zero-order valence-corrected chi connectivity index (χ0v) is 11.2. The van der Waals surface area contributed by atoms with Gasteiger partial charge in [0.2, 0.25) is 0 Å². The maximum Gasteiger partial charge on any atom is 0.156 e. The summed E-state index contributed by atoms with van der Waals surface area (Å²) in [5.74, 6) is 1.10. The molecule has 1 aliphatic rings. The fourth-order valence-electron chi connectivity index (χ4n) is 2.25. The van der Waals surface area contributed by atoms with Crippen LogP contribution in [0, 0.1) is 5.92 Å². The summed E-state index contributed by atoms with van der Waals surface area (Å²) in [6.45, 7) is 3.72. The second-order valence-corrected chi connectivity index (χ2v) is 4.86. The Hall–Kier alpha value is -1.20. The molecule has 0 radical (unpaired) electrons. The van der Waals surface area contributed by atoms with Crippen LogP contribution in [-0.2, 0) is 4.74 Å². The first-order valence-corrected chi connectivity index (χ1v) is 6.28. The van der Waals surface area contributed by atoms with E-state index < -0.39 is 0 Å². The number of aromatic nitrogens is 2. The number of rotatable bonds is 3. The lowest BCUT2D eigenvalue weighted by atomic mass is 9.95. The van der Waals surface area contributed by atoms with E-state index in [0.29, 0.717) is 30.1 Å². The molecular formula is C12H16ClN3O2. The van der Waals surface area contributed by atoms with Crippen molar-refractivity contribution in [3.8, 4) is 0 Å². The molecule has 0 N–H and O–H groups in total. The van der Waals surface area contributed by atoms with Crippen LogP contribution in [0.15, 0.2) is 6.33 Å². The molecule has 2 unspecified atom stereocenters. The van der Waals surface area contributed by atoms with Crippen LogP contribution in [0.1, 0.15) is 23.7 Å². The van der Waals surface area contributed by atoms with Gasteiger partial charge in [0.25, 0.3) is 0 Å². The number of ether oxygens (including phenoxy) is 1. The third kappa shape index (κ3) is 2.47. The van der Waals surface area contributed by atoms with Gasteiger partial charge in [-0.15, -0.1) is 0 Å². The molecule has 2 rings (SSSR count). The molecule has 98 valence electrons. The van der Waals surface area contributed by atoms with Crippen LogP contribution < -0.4 is 4.90 Å². The highest BCUT2D eigenvalue weighted by Gasteiger charge is 2.28. The average Bonchev–Trinajstić information content (AvgIpc) is 2.39. The Bertz CT molecular complexity index is 441. The minimum Gasteiger partial charge on any atom is -0.379 e. The summed E-state index contributed by atoms with van der Waals surface area (Å²) < 4.78 is 5.45. The number of carbonyl (C=O) groups excluding carboxylic acids is 1. The molecule has 0 aliphatic carbocycles. The number of carbonyl (C=O) groups is 1. The highest BCUT2D eigenvalue weighted by Crippen LogP contribution is 2.27. The van der Waals surface area contributed by atoms with E-state index in [1.54, 1.807) is 7.11 Å². The van der Waals surface area contributed by atoms with Crippen LogP contribution in [0.4, 0.5) is 5.82 Å². The summed E-state index contributed by atoms with van der Waals surface area (Å²) in [6, 6.07) is 0. The summed E-state index contributed by atoms with van der Waals surface area (Å²) >= 11 is 5.91. The number of halogens is 1. The van der Waals surface area contributed by atoms with Crippen molar-refractivity contribution in [3.63, 3.8) is 0 Å². The lowest BCUT2D eigenvalue weighted by Crippen LogP contribution is -2.44. The van der Waals surface area contributed by atoms with E-state index in [1.807, 2.05) is 4.90 Å². The Morgan fingerprint density at radius 2 is 2.33 bits per heavy atom. The van der Waals surface area contributed by atoms with Gasteiger partial charge in [-0.25, -0.2) is 9.97 Å². The lowest BCUT2D eigenvalue weighted by molar-refractivity contribution is 0.0496. The van der Waals surface area contributed by atoms with Crippen molar-refractivity contribution in [1.29, 1.82) is 0 Å². The Kier molecular flexibility index (Phi) is 4.14. The van der Waals surface area contributed by atoms with Crippen molar-refractivity contribution in [2.45, 2.75) is 19.4 Å². The second-order valence-electron chi connectivity index (χ2n) is 4.51. The van der Waals surface area contributed by atoms with E-state index >= 15 is 0 Å². The highest BCUT2D eigenvalue weighted by atomic mass is 35.5. The number of piperidine rings is 1. The third-order valence-corrected chi connectivity index (χ3v) is 3.72. The van der Waals surface area contributed by atoms with Crippen LogP contribution in [0.3, 0.4) is 0 Å².